The van der Waals surface area contributed by atoms with E-state index in [9.17, 15) is 9.59 Å². The summed E-state index contributed by atoms with van der Waals surface area (Å²) >= 11 is 3.39. The molecule has 0 aliphatic carbocycles. The van der Waals surface area contributed by atoms with Crippen molar-refractivity contribution in [2.75, 3.05) is 20.2 Å². The molecule has 5 nitrogen and oxygen atoms in total. The molecule has 0 aromatic heterocycles. The lowest BCUT2D eigenvalue weighted by Gasteiger charge is -2.44. The van der Waals surface area contributed by atoms with E-state index in [0.717, 1.165) is 4.47 Å². The van der Waals surface area contributed by atoms with E-state index in [1.807, 2.05) is 29.2 Å². The number of nitrogens with zero attached hydrogens (tertiary/aromatic N) is 1. The molecule has 140 valence electrons. The van der Waals surface area contributed by atoms with Gasteiger partial charge in [-0.05, 0) is 42.5 Å². The van der Waals surface area contributed by atoms with Crippen LogP contribution in [0.5, 0.6) is 11.5 Å². The third kappa shape index (κ3) is 3.46. The zero-order chi connectivity index (χ0) is 19.0. The van der Waals surface area contributed by atoms with Gasteiger partial charge in [0.2, 0.25) is 0 Å². The van der Waals surface area contributed by atoms with Crippen LogP contribution < -0.4 is 9.47 Å². The van der Waals surface area contributed by atoms with Crippen LogP contribution in [0.1, 0.15) is 40.0 Å². The zero-order valence-corrected chi connectivity index (χ0v) is 16.6. The molecular weight excluding hydrogens is 410 g/mol. The second kappa shape index (κ2) is 7.00. The third-order valence-corrected chi connectivity index (χ3v) is 5.88. The molecule has 6 heteroatoms. The van der Waals surface area contributed by atoms with E-state index in [1.165, 1.54) is 0 Å². The third-order valence-electron chi connectivity index (χ3n) is 5.35. The fourth-order valence-corrected chi connectivity index (χ4v) is 4.04. The van der Waals surface area contributed by atoms with Crippen LogP contribution in [0.2, 0.25) is 0 Å². The van der Waals surface area contributed by atoms with E-state index >= 15 is 0 Å². The second-order valence-electron chi connectivity index (χ2n) is 7.05. The van der Waals surface area contributed by atoms with Crippen LogP contribution in [-0.2, 0) is 0 Å². The molecule has 0 N–H and O–H groups in total. The van der Waals surface area contributed by atoms with Crippen molar-refractivity contribution >= 4 is 27.6 Å². The van der Waals surface area contributed by atoms with Crippen molar-refractivity contribution < 1.29 is 19.1 Å². The van der Waals surface area contributed by atoms with Gasteiger partial charge in [0.1, 0.15) is 17.1 Å². The highest BCUT2D eigenvalue weighted by molar-refractivity contribution is 9.10. The number of halogens is 1. The van der Waals surface area contributed by atoms with Crippen LogP contribution in [-0.4, -0.2) is 42.4 Å². The number of hydrogen-bond acceptors (Lipinski definition) is 4. The first-order chi connectivity index (χ1) is 13.0. The minimum atomic E-state index is -0.519. The van der Waals surface area contributed by atoms with Crippen molar-refractivity contribution in [3.05, 3.63) is 58.1 Å². The van der Waals surface area contributed by atoms with E-state index in [1.54, 1.807) is 25.3 Å². The molecule has 1 fully saturated rings. The lowest BCUT2D eigenvalue weighted by molar-refractivity contribution is -0.00576. The number of rotatable bonds is 2. The Morgan fingerprint density at radius 1 is 1.15 bits per heavy atom. The first-order valence-corrected chi connectivity index (χ1v) is 9.74. The average Bonchev–Trinajstić information content (AvgIpc) is 2.68. The Labute approximate surface area is 166 Å². The molecule has 2 aliphatic heterocycles. The Morgan fingerprint density at radius 3 is 2.52 bits per heavy atom. The first kappa shape index (κ1) is 18.0. The minimum absolute atomic E-state index is 0.0182. The predicted molar refractivity (Wildman–Crippen MR) is 105 cm³/mol. The number of amides is 1. The van der Waals surface area contributed by atoms with Gasteiger partial charge < -0.3 is 14.4 Å². The summed E-state index contributed by atoms with van der Waals surface area (Å²) < 4.78 is 12.4. The Bertz CT molecular complexity index is 886. The second-order valence-corrected chi connectivity index (χ2v) is 7.96. The molecule has 0 saturated carbocycles. The number of hydrogen-bond donors (Lipinski definition) is 0. The first-order valence-electron chi connectivity index (χ1n) is 8.95. The zero-order valence-electron chi connectivity index (χ0n) is 15.0. The number of ether oxygens (including phenoxy) is 2. The number of Topliss-reactive ketones (excluding diaryl/α,β-unsaturated/α-hetero) is 1. The summed E-state index contributed by atoms with van der Waals surface area (Å²) in [5, 5.41) is 0. The van der Waals surface area contributed by atoms with Crippen LogP contribution in [0, 0.1) is 0 Å². The summed E-state index contributed by atoms with van der Waals surface area (Å²) in [6.07, 6.45) is 1.63. The molecule has 1 amide bonds. The molecule has 0 radical (unpaired) electrons. The molecular formula is C21H20BrNO4. The van der Waals surface area contributed by atoms with Crippen LogP contribution in [0.15, 0.2) is 46.9 Å². The van der Waals surface area contributed by atoms with E-state index < -0.39 is 5.60 Å². The van der Waals surface area contributed by atoms with Gasteiger partial charge in [0.25, 0.3) is 5.91 Å². The summed E-state index contributed by atoms with van der Waals surface area (Å²) in [6, 6.07) is 12.7. The summed E-state index contributed by atoms with van der Waals surface area (Å²) in [5.74, 6) is 1.35. The predicted octanol–water partition coefficient (Wildman–Crippen LogP) is 4.10. The van der Waals surface area contributed by atoms with Gasteiger partial charge in [-0.2, -0.15) is 0 Å². The molecule has 1 saturated heterocycles. The van der Waals surface area contributed by atoms with Crippen molar-refractivity contribution in [1.29, 1.82) is 0 Å². The van der Waals surface area contributed by atoms with Gasteiger partial charge >= 0.3 is 0 Å². The highest BCUT2D eigenvalue weighted by atomic mass is 79.9. The average molecular weight is 430 g/mol. The number of ketones is 1. The summed E-state index contributed by atoms with van der Waals surface area (Å²) in [5.41, 5.74) is 0.732. The van der Waals surface area contributed by atoms with Crippen molar-refractivity contribution in [3.8, 4) is 11.5 Å². The number of piperidine rings is 1. The molecule has 0 atom stereocenters. The summed E-state index contributed by atoms with van der Waals surface area (Å²) in [6.45, 7) is 1.15. The Balaban J connectivity index is 1.47. The fourth-order valence-electron chi connectivity index (χ4n) is 3.77. The highest BCUT2D eigenvalue weighted by Gasteiger charge is 2.43. The van der Waals surface area contributed by atoms with Crippen LogP contribution in [0.3, 0.4) is 0 Å². The topological polar surface area (TPSA) is 55.8 Å². The van der Waals surface area contributed by atoms with E-state index in [0.29, 0.717) is 55.0 Å². The Morgan fingerprint density at radius 2 is 1.85 bits per heavy atom. The van der Waals surface area contributed by atoms with E-state index in [4.69, 9.17) is 9.47 Å². The number of carbonyl (C=O) groups is 2. The molecule has 2 heterocycles. The maximum absolute atomic E-state index is 12.7. The van der Waals surface area contributed by atoms with Crippen LogP contribution in [0.25, 0.3) is 0 Å². The maximum atomic E-state index is 12.7. The van der Waals surface area contributed by atoms with Gasteiger partial charge in [-0.1, -0.05) is 15.9 Å². The molecule has 0 bridgehead atoms. The van der Waals surface area contributed by atoms with Crippen molar-refractivity contribution in [3.63, 3.8) is 0 Å². The molecule has 4 rings (SSSR count). The molecule has 2 aromatic carbocycles. The van der Waals surface area contributed by atoms with Crippen molar-refractivity contribution in [1.82, 2.24) is 4.90 Å². The van der Waals surface area contributed by atoms with Gasteiger partial charge in [0.15, 0.2) is 5.78 Å². The molecule has 0 unspecified atom stereocenters. The fraction of sp³-hybridized carbons (Fsp3) is 0.333. The van der Waals surface area contributed by atoms with E-state index in [-0.39, 0.29) is 11.7 Å². The lowest BCUT2D eigenvalue weighted by Crippen LogP contribution is -2.52. The Kier molecular flexibility index (Phi) is 4.68. The van der Waals surface area contributed by atoms with Crippen molar-refractivity contribution in [2.24, 2.45) is 0 Å². The molecule has 2 aromatic rings. The number of likely N-dealkylation sites (tertiary alicyclic amines) is 1. The van der Waals surface area contributed by atoms with Crippen LogP contribution >= 0.6 is 15.9 Å². The van der Waals surface area contributed by atoms with Crippen molar-refractivity contribution in [2.45, 2.75) is 24.9 Å². The van der Waals surface area contributed by atoms with Gasteiger partial charge in [-0.15, -0.1) is 0 Å². The SMILES string of the molecule is COc1ccc2c(c1)C(=O)CC1(CCN(C(=O)c3ccc(Br)cc3)CC1)O2. The Hall–Kier alpha value is -2.34. The van der Waals surface area contributed by atoms with Gasteiger partial charge in [-0.3, -0.25) is 9.59 Å². The lowest BCUT2D eigenvalue weighted by atomic mass is 9.82. The highest BCUT2D eigenvalue weighted by Crippen LogP contribution is 2.40. The number of carbonyl (C=O) groups excluding carboxylic acids is 2. The smallest absolute Gasteiger partial charge is 0.253 e. The molecule has 1 spiro atoms. The minimum Gasteiger partial charge on any atom is -0.497 e. The summed E-state index contributed by atoms with van der Waals surface area (Å²) in [4.78, 5) is 27.2. The maximum Gasteiger partial charge on any atom is 0.253 e. The largest absolute Gasteiger partial charge is 0.497 e. The summed E-state index contributed by atoms with van der Waals surface area (Å²) in [7, 11) is 1.58. The number of fused-ring (bicyclic) bond motifs is 1. The standard InChI is InChI=1S/C21H20BrNO4/c1-26-16-6-7-19-17(12-16)18(24)13-21(27-19)8-10-23(11-9-21)20(25)14-2-4-15(22)5-3-14/h2-7,12H,8-11,13H2,1H3. The normalized spacial score (nSPS) is 18.0. The number of benzene rings is 2. The molecule has 27 heavy (non-hydrogen) atoms. The number of methoxy groups -OCH3 is 1. The van der Waals surface area contributed by atoms with E-state index in [2.05, 4.69) is 15.9 Å². The quantitative estimate of drug-likeness (QED) is 0.720. The van der Waals surface area contributed by atoms with Gasteiger partial charge in [-0.25, -0.2) is 0 Å². The van der Waals surface area contributed by atoms with Gasteiger partial charge in [0, 0.05) is 36.0 Å². The monoisotopic (exact) mass is 429 g/mol. The van der Waals surface area contributed by atoms with Crippen LogP contribution in [0.4, 0.5) is 0 Å². The molecule has 2 aliphatic rings. The van der Waals surface area contributed by atoms with Gasteiger partial charge in [0.05, 0.1) is 19.1 Å².